The number of rotatable bonds is 5. The van der Waals surface area contributed by atoms with Crippen LogP contribution in [0.5, 0.6) is 0 Å². The summed E-state index contributed by atoms with van der Waals surface area (Å²) in [5.41, 5.74) is 6.80. The first-order valence-electron chi connectivity index (χ1n) is 7.45. The molecule has 20 heavy (non-hydrogen) atoms. The molecule has 2 N–H and O–H groups in total. The van der Waals surface area contributed by atoms with Crippen molar-refractivity contribution in [2.45, 2.75) is 52.2 Å². The highest BCUT2D eigenvalue weighted by Gasteiger charge is 2.44. The van der Waals surface area contributed by atoms with Crippen molar-refractivity contribution in [2.24, 2.45) is 11.1 Å². The number of thiophene rings is 1. The van der Waals surface area contributed by atoms with E-state index in [1.807, 2.05) is 11.3 Å². The van der Waals surface area contributed by atoms with Gasteiger partial charge in [-0.15, -0.1) is 11.3 Å². The molecule has 2 nitrogen and oxygen atoms in total. The van der Waals surface area contributed by atoms with Crippen molar-refractivity contribution in [3.8, 4) is 0 Å². The van der Waals surface area contributed by atoms with Crippen LogP contribution in [0.2, 0.25) is 0 Å². The van der Waals surface area contributed by atoms with Crippen LogP contribution in [-0.4, -0.2) is 34.5 Å². The lowest BCUT2D eigenvalue weighted by Gasteiger charge is -2.52. The van der Waals surface area contributed by atoms with Crippen molar-refractivity contribution < 1.29 is 0 Å². The van der Waals surface area contributed by atoms with E-state index in [2.05, 4.69) is 61.9 Å². The molecule has 114 valence electrons. The van der Waals surface area contributed by atoms with Crippen molar-refractivity contribution in [1.29, 1.82) is 0 Å². The molecule has 1 fully saturated rings. The van der Waals surface area contributed by atoms with E-state index in [4.69, 9.17) is 5.73 Å². The van der Waals surface area contributed by atoms with E-state index in [0.717, 1.165) is 18.8 Å². The van der Waals surface area contributed by atoms with E-state index < -0.39 is 0 Å². The first kappa shape index (κ1) is 16.3. The van der Waals surface area contributed by atoms with Crippen molar-refractivity contribution in [3.05, 3.63) is 22.4 Å². The molecule has 4 heteroatoms. The Morgan fingerprint density at radius 2 is 2.10 bits per heavy atom. The monoisotopic (exact) mass is 312 g/mol. The maximum absolute atomic E-state index is 6.28. The van der Waals surface area contributed by atoms with E-state index >= 15 is 0 Å². The quantitative estimate of drug-likeness (QED) is 0.896. The number of nitrogens with zero attached hydrogens (tertiary/aromatic N) is 1. The summed E-state index contributed by atoms with van der Waals surface area (Å²) in [6.07, 6.45) is 1.20. The normalized spacial score (nSPS) is 26.4. The fraction of sp³-hybridized carbons (Fsp3) is 0.750. The third-order valence-corrected chi connectivity index (χ3v) is 6.78. The number of hydrogen-bond acceptors (Lipinski definition) is 4. The molecule has 1 aliphatic heterocycles. The highest BCUT2D eigenvalue weighted by atomic mass is 32.2. The average Bonchev–Trinajstić information content (AvgIpc) is 2.87. The molecular weight excluding hydrogens is 284 g/mol. The van der Waals surface area contributed by atoms with Crippen LogP contribution in [0.25, 0.3) is 0 Å². The molecule has 0 amide bonds. The lowest BCUT2D eigenvalue weighted by Crippen LogP contribution is -2.61. The zero-order chi connectivity index (χ0) is 14.8. The van der Waals surface area contributed by atoms with Gasteiger partial charge in [0.2, 0.25) is 0 Å². The van der Waals surface area contributed by atoms with Crippen LogP contribution in [0.3, 0.4) is 0 Å². The summed E-state index contributed by atoms with van der Waals surface area (Å²) in [5.74, 6) is 2.41. The predicted molar refractivity (Wildman–Crippen MR) is 92.5 cm³/mol. The molecule has 0 bridgehead atoms. The summed E-state index contributed by atoms with van der Waals surface area (Å²) in [4.78, 5) is 4.09. The average molecular weight is 313 g/mol. The predicted octanol–water partition coefficient (Wildman–Crippen LogP) is 3.82. The molecule has 1 aromatic heterocycles. The summed E-state index contributed by atoms with van der Waals surface area (Å²) in [6.45, 7) is 11.2. The molecule has 1 unspecified atom stereocenters. The van der Waals surface area contributed by atoms with Crippen LogP contribution in [0.4, 0.5) is 0 Å². The maximum Gasteiger partial charge on any atom is 0.0433 e. The highest BCUT2D eigenvalue weighted by Crippen LogP contribution is 2.43. The van der Waals surface area contributed by atoms with Gasteiger partial charge in [-0.05, 0) is 42.9 Å². The largest absolute Gasteiger partial charge is 0.329 e. The first-order chi connectivity index (χ1) is 9.38. The van der Waals surface area contributed by atoms with Crippen LogP contribution in [0.1, 0.15) is 39.0 Å². The van der Waals surface area contributed by atoms with E-state index in [9.17, 15) is 0 Å². The van der Waals surface area contributed by atoms with Gasteiger partial charge in [0.25, 0.3) is 0 Å². The van der Waals surface area contributed by atoms with Gasteiger partial charge in [0.1, 0.15) is 0 Å². The minimum absolute atomic E-state index is 0.143. The Balaban J connectivity index is 2.24. The molecule has 0 spiro atoms. The van der Waals surface area contributed by atoms with Gasteiger partial charge >= 0.3 is 0 Å². The Hall–Kier alpha value is -0.0300. The Morgan fingerprint density at radius 3 is 2.60 bits per heavy atom. The Morgan fingerprint density at radius 1 is 1.35 bits per heavy atom. The van der Waals surface area contributed by atoms with Crippen LogP contribution in [-0.2, 0) is 6.54 Å². The van der Waals surface area contributed by atoms with Gasteiger partial charge in [-0.3, -0.25) is 4.90 Å². The van der Waals surface area contributed by atoms with Crippen molar-refractivity contribution in [2.75, 3.05) is 18.1 Å². The molecule has 2 heterocycles. The fourth-order valence-corrected chi connectivity index (χ4v) is 5.64. The molecule has 1 saturated heterocycles. The zero-order valence-electron chi connectivity index (χ0n) is 13.2. The summed E-state index contributed by atoms with van der Waals surface area (Å²) < 4.78 is 0. The SMILES string of the molecule is CC(C)N(Cc1cccs1)C1(CN)CSCC(C)(C)C1. The van der Waals surface area contributed by atoms with E-state index in [-0.39, 0.29) is 5.54 Å². The fourth-order valence-electron chi connectivity index (χ4n) is 3.41. The lowest BCUT2D eigenvalue weighted by atomic mass is 9.78. The molecule has 0 aliphatic carbocycles. The first-order valence-corrected chi connectivity index (χ1v) is 9.49. The Kier molecular flexibility index (Phi) is 5.22. The van der Waals surface area contributed by atoms with Crippen molar-refractivity contribution >= 4 is 23.1 Å². The second kappa shape index (κ2) is 6.39. The Bertz CT molecular complexity index is 414. The van der Waals surface area contributed by atoms with E-state index in [1.54, 1.807) is 0 Å². The van der Waals surface area contributed by atoms with Crippen LogP contribution >= 0.6 is 23.1 Å². The van der Waals surface area contributed by atoms with Gasteiger partial charge in [0.05, 0.1) is 0 Å². The second-order valence-corrected chi connectivity index (χ2v) is 9.08. The highest BCUT2D eigenvalue weighted by molar-refractivity contribution is 7.99. The third-order valence-electron chi connectivity index (χ3n) is 4.19. The third kappa shape index (κ3) is 3.59. The van der Waals surface area contributed by atoms with Gasteiger partial charge in [-0.2, -0.15) is 11.8 Å². The summed E-state index contributed by atoms with van der Waals surface area (Å²) in [6, 6.07) is 4.91. The van der Waals surface area contributed by atoms with Crippen LogP contribution in [0.15, 0.2) is 17.5 Å². The zero-order valence-corrected chi connectivity index (χ0v) is 14.8. The smallest absolute Gasteiger partial charge is 0.0433 e. The Labute approximate surface area is 132 Å². The summed E-state index contributed by atoms with van der Waals surface area (Å²) in [5, 5.41) is 2.17. The van der Waals surface area contributed by atoms with Gasteiger partial charge in [0.15, 0.2) is 0 Å². The van der Waals surface area contributed by atoms with Crippen LogP contribution < -0.4 is 5.73 Å². The standard InChI is InChI=1S/C16H28N2S2/c1-13(2)18(8-14-6-5-7-20-14)16(10-17)9-15(3,4)11-19-12-16/h5-7,13H,8-12,17H2,1-4H3. The number of thioether (sulfide) groups is 1. The van der Waals surface area contributed by atoms with Gasteiger partial charge in [-0.25, -0.2) is 0 Å². The minimum Gasteiger partial charge on any atom is -0.329 e. The molecule has 1 aromatic rings. The molecular formula is C16H28N2S2. The van der Waals surface area contributed by atoms with E-state index in [1.165, 1.54) is 17.1 Å². The van der Waals surface area contributed by atoms with Crippen LogP contribution in [0, 0.1) is 5.41 Å². The second-order valence-electron chi connectivity index (χ2n) is 7.06. The number of hydrogen-bond donors (Lipinski definition) is 1. The topological polar surface area (TPSA) is 29.3 Å². The van der Waals surface area contributed by atoms with E-state index in [0.29, 0.717) is 11.5 Å². The molecule has 1 aliphatic rings. The molecule has 0 saturated carbocycles. The molecule has 1 atom stereocenters. The summed E-state index contributed by atoms with van der Waals surface area (Å²) in [7, 11) is 0. The molecule has 0 aromatic carbocycles. The number of nitrogens with two attached hydrogens (primary N) is 1. The van der Waals surface area contributed by atoms with Gasteiger partial charge in [0, 0.05) is 35.3 Å². The minimum atomic E-state index is 0.143. The van der Waals surface area contributed by atoms with Crippen molar-refractivity contribution in [1.82, 2.24) is 4.90 Å². The van der Waals surface area contributed by atoms with Gasteiger partial charge in [-0.1, -0.05) is 19.9 Å². The molecule has 2 rings (SSSR count). The lowest BCUT2D eigenvalue weighted by molar-refractivity contribution is 0.0352. The summed E-state index contributed by atoms with van der Waals surface area (Å²) >= 11 is 3.93. The van der Waals surface area contributed by atoms with Crippen molar-refractivity contribution in [3.63, 3.8) is 0 Å². The van der Waals surface area contributed by atoms with Gasteiger partial charge < -0.3 is 5.73 Å². The molecule has 0 radical (unpaired) electrons. The maximum atomic E-state index is 6.28.